The fourth-order valence-electron chi connectivity index (χ4n) is 5.66. The quantitative estimate of drug-likeness (QED) is 0.341. The van der Waals surface area contributed by atoms with Gasteiger partial charge in [-0.2, -0.15) is 0 Å². The number of aryl methyl sites for hydroxylation is 1. The molecule has 7 heteroatoms. The van der Waals surface area contributed by atoms with Crippen LogP contribution in [0.5, 0.6) is 0 Å². The van der Waals surface area contributed by atoms with Crippen molar-refractivity contribution in [1.29, 1.82) is 0 Å². The molecule has 2 aliphatic heterocycles. The monoisotopic (exact) mass is 578 g/mol. The van der Waals surface area contributed by atoms with E-state index < -0.39 is 0 Å². The minimum absolute atomic E-state index is 0.0833. The molecule has 2 fully saturated rings. The van der Waals surface area contributed by atoms with Crippen molar-refractivity contribution in [2.45, 2.75) is 76.8 Å². The van der Waals surface area contributed by atoms with Gasteiger partial charge in [-0.25, -0.2) is 4.98 Å². The summed E-state index contributed by atoms with van der Waals surface area (Å²) in [5, 5.41) is 9.68. The summed E-state index contributed by atoms with van der Waals surface area (Å²) in [7, 11) is 1.97. The Kier molecular flexibility index (Phi) is 9.04. The van der Waals surface area contributed by atoms with Gasteiger partial charge >= 0.3 is 0 Å². The zero-order valence-corrected chi connectivity index (χ0v) is 22.8. The number of nitrogens with zero attached hydrogens (tertiary/aromatic N) is 4. The summed E-state index contributed by atoms with van der Waals surface area (Å²) in [6, 6.07) is 9.41. The van der Waals surface area contributed by atoms with Gasteiger partial charge in [-0.05, 0) is 79.3 Å². The van der Waals surface area contributed by atoms with Crippen LogP contribution in [0.2, 0.25) is 0 Å². The van der Waals surface area contributed by atoms with Crippen LogP contribution in [0.25, 0.3) is 11.4 Å². The third-order valence-corrected chi connectivity index (χ3v) is 8.37. The molecule has 1 atom stereocenters. The van der Waals surface area contributed by atoms with Crippen LogP contribution >= 0.6 is 22.6 Å². The van der Waals surface area contributed by atoms with Crippen molar-refractivity contribution in [3.63, 3.8) is 0 Å². The van der Waals surface area contributed by atoms with Crippen LogP contribution in [0.1, 0.15) is 74.3 Å². The van der Waals surface area contributed by atoms with Gasteiger partial charge in [0.2, 0.25) is 0 Å². The lowest BCUT2D eigenvalue weighted by Gasteiger charge is -2.39. The van der Waals surface area contributed by atoms with Gasteiger partial charge in [0.1, 0.15) is 15.2 Å². The lowest BCUT2D eigenvalue weighted by atomic mass is 10.0. The molecule has 0 spiro atoms. The highest BCUT2D eigenvalue weighted by Gasteiger charge is 2.34. The highest BCUT2D eigenvalue weighted by molar-refractivity contribution is 14.1. The summed E-state index contributed by atoms with van der Waals surface area (Å²) >= 11 is 2.21. The predicted octanol–water partition coefficient (Wildman–Crippen LogP) is 4.88. The lowest BCUT2D eigenvalue weighted by molar-refractivity contribution is 0.0530. The number of hydrogen-bond acceptors (Lipinski definition) is 4. The van der Waals surface area contributed by atoms with Gasteiger partial charge in [0.25, 0.3) is 5.91 Å². The van der Waals surface area contributed by atoms with E-state index in [1.165, 1.54) is 37.7 Å². The standard InChI is InChI=1S/C27H39IN4O2/c1-3-4-5-6-9-20-10-7-11-21(18-20)26-29-25(28)24(30(26)2)27(34)31-16-13-22(14-17-31)32-15-8-12-23(32)19-33/h7,10-11,18,22-23,33H,3-6,8-9,12-17,19H2,1-2H3/t23-/m1/s1. The van der Waals surface area contributed by atoms with Crippen LogP contribution in [0.3, 0.4) is 0 Å². The molecule has 0 saturated carbocycles. The Balaban J connectivity index is 1.43. The molecule has 2 aliphatic rings. The second-order valence-electron chi connectivity index (χ2n) is 9.88. The summed E-state index contributed by atoms with van der Waals surface area (Å²) in [6.45, 7) is 5.09. The minimum Gasteiger partial charge on any atom is -0.395 e. The number of imidazole rings is 1. The van der Waals surface area contributed by atoms with Crippen LogP contribution in [0, 0.1) is 3.70 Å². The molecule has 6 nitrogen and oxygen atoms in total. The van der Waals surface area contributed by atoms with Crippen molar-refractivity contribution in [3.8, 4) is 11.4 Å². The zero-order chi connectivity index (χ0) is 24.1. The van der Waals surface area contributed by atoms with Gasteiger partial charge in [0, 0.05) is 37.8 Å². The van der Waals surface area contributed by atoms with Crippen molar-refractivity contribution < 1.29 is 9.90 Å². The number of aliphatic hydroxyl groups is 1. The molecule has 2 aromatic rings. The number of amides is 1. The fourth-order valence-corrected chi connectivity index (χ4v) is 6.48. The topological polar surface area (TPSA) is 61.6 Å². The Morgan fingerprint density at radius 3 is 2.68 bits per heavy atom. The van der Waals surface area contributed by atoms with E-state index in [9.17, 15) is 9.90 Å². The number of unbranched alkanes of at least 4 members (excludes halogenated alkanes) is 3. The third kappa shape index (κ3) is 5.68. The Hall–Kier alpha value is -1.45. The SMILES string of the molecule is CCCCCCc1cccc(-c2nc(I)c(C(=O)N3CCC(N4CCC[C@@H]4CO)CC3)n2C)c1. The van der Waals surface area contributed by atoms with Crippen molar-refractivity contribution in [3.05, 3.63) is 39.2 Å². The molecule has 1 amide bonds. The predicted molar refractivity (Wildman–Crippen MR) is 145 cm³/mol. The van der Waals surface area contributed by atoms with E-state index in [0.29, 0.717) is 17.8 Å². The Morgan fingerprint density at radius 1 is 1.15 bits per heavy atom. The largest absolute Gasteiger partial charge is 0.395 e. The summed E-state index contributed by atoms with van der Waals surface area (Å²) < 4.78 is 2.75. The van der Waals surface area contributed by atoms with Gasteiger partial charge in [-0.1, -0.05) is 44.4 Å². The van der Waals surface area contributed by atoms with Gasteiger partial charge in [-0.15, -0.1) is 0 Å². The summed E-state index contributed by atoms with van der Waals surface area (Å²) in [5.74, 6) is 0.945. The first-order chi connectivity index (χ1) is 16.5. The first kappa shape index (κ1) is 25.6. The number of benzene rings is 1. The second-order valence-corrected chi connectivity index (χ2v) is 10.9. The first-order valence-electron chi connectivity index (χ1n) is 13.0. The van der Waals surface area contributed by atoms with Crippen LogP contribution in [0.4, 0.5) is 0 Å². The number of aliphatic hydroxyl groups excluding tert-OH is 1. The highest BCUT2D eigenvalue weighted by atomic mass is 127. The van der Waals surface area contributed by atoms with Gasteiger partial charge < -0.3 is 14.6 Å². The number of aromatic nitrogens is 2. The Bertz CT molecular complexity index is 968. The smallest absolute Gasteiger partial charge is 0.273 e. The van der Waals surface area contributed by atoms with Crippen LogP contribution < -0.4 is 0 Å². The molecule has 0 radical (unpaired) electrons. The van der Waals surface area contributed by atoms with E-state index in [1.54, 1.807) is 0 Å². The molecule has 2 saturated heterocycles. The van der Waals surface area contributed by atoms with E-state index in [4.69, 9.17) is 4.98 Å². The molecule has 0 bridgehead atoms. The van der Waals surface area contributed by atoms with Crippen LogP contribution in [-0.4, -0.2) is 68.7 Å². The molecule has 0 unspecified atom stereocenters. The Labute approximate surface area is 217 Å². The summed E-state index contributed by atoms with van der Waals surface area (Å²) in [4.78, 5) is 22.8. The molecule has 186 valence electrons. The van der Waals surface area contributed by atoms with Gasteiger partial charge in [-0.3, -0.25) is 9.69 Å². The van der Waals surface area contributed by atoms with Crippen molar-refractivity contribution in [2.24, 2.45) is 7.05 Å². The van der Waals surface area contributed by atoms with Crippen LogP contribution in [-0.2, 0) is 13.5 Å². The number of rotatable bonds is 9. The zero-order valence-electron chi connectivity index (χ0n) is 20.7. The summed E-state index contributed by atoms with van der Waals surface area (Å²) in [6.07, 6.45) is 10.3. The van der Waals surface area contributed by atoms with E-state index in [-0.39, 0.29) is 12.5 Å². The molecule has 0 aliphatic carbocycles. The average molecular weight is 579 g/mol. The van der Waals surface area contributed by atoms with Crippen LogP contribution in [0.15, 0.2) is 24.3 Å². The Morgan fingerprint density at radius 2 is 1.94 bits per heavy atom. The van der Waals surface area contributed by atoms with E-state index in [1.807, 2.05) is 16.5 Å². The molecule has 4 rings (SSSR count). The first-order valence-corrected chi connectivity index (χ1v) is 14.1. The molecular formula is C27H39IN4O2. The molecule has 1 N–H and O–H groups in total. The van der Waals surface area contributed by atoms with Crippen molar-refractivity contribution >= 4 is 28.5 Å². The maximum absolute atomic E-state index is 13.5. The fraction of sp³-hybridized carbons (Fsp3) is 0.630. The maximum Gasteiger partial charge on any atom is 0.273 e. The number of carbonyl (C=O) groups excluding carboxylic acids is 1. The number of halogens is 1. The second kappa shape index (κ2) is 12.0. The van der Waals surface area contributed by atoms with Gasteiger partial charge in [0.05, 0.1) is 6.61 Å². The summed E-state index contributed by atoms with van der Waals surface area (Å²) in [5.41, 5.74) is 3.11. The number of likely N-dealkylation sites (tertiary alicyclic amines) is 2. The van der Waals surface area contributed by atoms with Gasteiger partial charge in [0.15, 0.2) is 0 Å². The molecule has 3 heterocycles. The highest BCUT2D eigenvalue weighted by Crippen LogP contribution is 2.29. The van der Waals surface area contributed by atoms with Crippen molar-refractivity contribution in [1.82, 2.24) is 19.4 Å². The van der Waals surface area contributed by atoms with Crippen molar-refractivity contribution in [2.75, 3.05) is 26.2 Å². The van der Waals surface area contributed by atoms with E-state index >= 15 is 0 Å². The maximum atomic E-state index is 13.5. The lowest BCUT2D eigenvalue weighted by Crippen LogP contribution is -2.49. The molecule has 1 aromatic carbocycles. The molecule has 34 heavy (non-hydrogen) atoms. The average Bonchev–Trinajstić information content (AvgIpc) is 3.45. The van der Waals surface area contributed by atoms with E-state index in [0.717, 1.165) is 60.4 Å². The number of carbonyl (C=O) groups is 1. The normalized spacial score (nSPS) is 19.8. The number of hydrogen-bond donors (Lipinski definition) is 1. The minimum atomic E-state index is 0.0833. The number of piperidine rings is 1. The van der Waals surface area contributed by atoms with E-state index in [2.05, 4.69) is 58.7 Å². The molecular weight excluding hydrogens is 539 g/mol. The molecule has 1 aromatic heterocycles. The third-order valence-electron chi connectivity index (χ3n) is 7.61.